The minimum absolute atomic E-state index is 0.127. The van der Waals surface area contributed by atoms with Gasteiger partial charge in [0.2, 0.25) is 0 Å². The van der Waals surface area contributed by atoms with Crippen molar-refractivity contribution in [1.82, 2.24) is 15.3 Å². The zero-order chi connectivity index (χ0) is 21.8. The van der Waals surface area contributed by atoms with Crippen LogP contribution in [0.5, 0.6) is 0 Å². The van der Waals surface area contributed by atoms with E-state index in [1.54, 1.807) is 7.05 Å². The van der Waals surface area contributed by atoms with Gasteiger partial charge in [-0.05, 0) is 31.0 Å². The number of quaternary nitrogens is 1. The second-order valence-corrected chi connectivity index (χ2v) is 10.2. The summed E-state index contributed by atoms with van der Waals surface area (Å²) in [6, 6.07) is 12.4. The van der Waals surface area contributed by atoms with Crippen LogP contribution in [0, 0.1) is 5.82 Å². The zero-order valence-corrected chi connectivity index (χ0v) is 18.8. The number of hydrogen-bond acceptors (Lipinski definition) is 5. The quantitative estimate of drug-likeness (QED) is 0.646. The molecule has 0 aliphatic carbocycles. The Kier molecular flexibility index (Phi) is 7.23. The molecule has 6 nitrogen and oxygen atoms in total. The molecule has 8 heteroatoms. The number of piperazine rings is 1. The van der Waals surface area contributed by atoms with Crippen molar-refractivity contribution in [2.45, 2.75) is 32.2 Å². The van der Waals surface area contributed by atoms with Gasteiger partial charge in [0, 0.05) is 25.2 Å². The number of pyridine rings is 1. The molecular weight excluding hydrogens is 403 g/mol. The standard InChI is InChI=1S/C22H32FN4O2S/c1-4-15-30(28,29)27(3,5-2)26-14-13-24-17-21(26)22(18-9-7-6-8-10-18)20-16-19(23)11-12-25-20/h6-12,16,21-22,24H,4-5,13-15,17H2,1-3H3/q+1. The summed E-state index contributed by atoms with van der Waals surface area (Å²) in [6.45, 7) is 6.09. The van der Waals surface area contributed by atoms with Crippen LogP contribution in [-0.2, 0) is 10.0 Å². The molecule has 2 aromatic rings. The molecule has 2 heterocycles. The summed E-state index contributed by atoms with van der Waals surface area (Å²) in [6.07, 6.45) is 2.05. The molecule has 1 aliphatic heterocycles. The first-order chi connectivity index (χ1) is 14.3. The molecule has 0 bridgehead atoms. The number of aromatic nitrogens is 1. The molecule has 30 heavy (non-hydrogen) atoms. The van der Waals surface area contributed by atoms with Crippen LogP contribution in [0.1, 0.15) is 37.4 Å². The topological polar surface area (TPSA) is 62.3 Å². The van der Waals surface area contributed by atoms with Gasteiger partial charge in [0.15, 0.2) is 0 Å². The van der Waals surface area contributed by atoms with Crippen LogP contribution >= 0.6 is 0 Å². The first kappa shape index (κ1) is 22.8. The smallest absolute Gasteiger partial charge is 0.313 e. The highest BCUT2D eigenvalue weighted by atomic mass is 32.2. The SMILES string of the molecule is CCCS(=O)(=O)[N+](C)(CC)N1CCNCC1C(c1ccccc1)c1cc(F)ccn1. The average Bonchev–Trinajstić information content (AvgIpc) is 2.74. The largest absolute Gasteiger partial charge is 0.314 e. The van der Waals surface area contributed by atoms with Gasteiger partial charge in [-0.15, -0.1) is 9.01 Å². The molecule has 1 aromatic heterocycles. The summed E-state index contributed by atoms with van der Waals surface area (Å²) in [4.78, 5) is 4.48. The second-order valence-electron chi connectivity index (χ2n) is 7.88. The molecule has 0 radical (unpaired) electrons. The molecule has 3 atom stereocenters. The molecule has 164 valence electrons. The normalized spacial score (nSPS) is 21.1. The van der Waals surface area contributed by atoms with Crippen molar-refractivity contribution in [2.24, 2.45) is 0 Å². The molecule has 1 fully saturated rings. The van der Waals surface area contributed by atoms with E-state index in [1.807, 2.05) is 44.2 Å². The summed E-state index contributed by atoms with van der Waals surface area (Å²) in [7, 11) is -1.64. The van der Waals surface area contributed by atoms with Crippen LogP contribution in [0.4, 0.5) is 4.39 Å². The van der Waals surface area contributed by atoms with E-state index in [1.165, 1.54) is 18.3 Å². The van der Waals surface area contributed by atoms with Gasteiger partial charge in [0.25, 0.3) is 0 Å². The van der Waals surface area contributed by atoms with Gasteiger partial charge in [0.05, 0.1) is 18.3 Å². The predicted octanol–water partition coefficient (Wildman–Crippen LogP) is 2.75. The Morgan fingerprint density at radius 2 is 2.00 bits per heavy atom. The van der Waals surface area contributed by atoms with Crippen molar-refractivity contribution in [2.75, 3.05) is 39.0 Å². The van der Waals surface area contributed by atoms with Crippen molar-refractivity contribution in [1.29, 1.82) is 0 Å². The van der Waals surface area contributed by atoms with Gasteiger partial charge in [-0.2, -0.15) is 8.42 Å². The van der Waals surface area contributed by atoms with E-state index in [2.05, 4.69) is 15.3 Å². The van der Waals surface area contributed by atoms with Gasteiger partial charge in [-0.25, -0.2) is 4.39 Å². The summed E-state index contributed by atoms with van der Waals surface area (Å²) < 4.78 is 40.6. The first-order valence-electron chi connectivity index (χ1n) is 10.6. The van der Waals surface area contributed by atoms with E-state index < -0.39 is 10.0 Å². The van der Waals surface area contributed by atoms with Gasteiger partial charge in [-0.3, -0.25) is 4.98 Å². The predicted molar refractivity (Wildman–Crippen MR) is 117 cm³/mol. The number of sulfonamides is 1. The molecular formula is C22H32FN4O2S+. The molecule has 1 saturated heterocycles. The Morgan fingerprint density at radius 1 is 1.27 bits per heavy atom. The summed E-state index contributed by atoms with van der Waals surface area (Å²) in [5, 5.41) is 5.47. The first-order valence-corrected chi connectivity index (χ1v) is 12.2. The monoisotopic (exact) mass is 435 g/mol. The number of benzene rings is 1. The second kappa shape index (κ2) is 9.51. The number of halogens is 1. The van der Waals surface area contributed by atoms with Gasteiger partial charge >= 0.3 is 10.0 Å². The van der Waals surface area contributed by atoms with Crippen LogP contribution in [0.2, 0.25) is 0 Å². The Bertz CT molecular complexity index is 941. The van der Waals surface area contributed by atoms with Gasteiger partial charge < -0.3 is 5.32 Å². The lowest BCUT2D eigenvalue weighted by atomic mass is 9.86. The fraction of sp³-hybridized carbons (Fsp3) is 0.500. The van der Waals surface area contributed by atoms with E-state index >= 15 is 0 Å². The molecule has 0 amide bonds. The number of hydrogen-bond donors (Lipinski definition) is 1. The maximum atomic E-state index is 14.1. The molecule has 1 N–H and O–H groups in total. The lowest BCUT2D eigenvalue weighted by molar-refractivity contribution is -0.915. The summed E-state index contributed by atoms with van der Waals surface area (Å²) >= 11 is 0. The number of nitrogens with one attached hydrogen (secondary N) is 1. The van der Waals surface area contributed by atoms with E-state index in [0.29, 0.717) is 38.3 Å². The summed E-state index contributed by atoms with van der Waals surface area (Å²) in [5.41, 5.74) is 1.60. The molecule has 3 unspecified atom stereocenters. The van der Waals surface area contributed by atoms with Crippen molar-refractivity contribution in [3.63, 3.8) is 0 Å². The molecule has 1 aliphatic rings. The lowest BCUT2D eigenvalue weighted by Gasteiger charge is -2.48. The third-order valence-corrected chi connectivity index (χ3v) is 8.64. The van der Waals surface area contributed by atoms with E-state index in [0.717, 1.165) is 5.56 Å². The van der Waals surface area contributed by atoms with Crippen molar-refractivity contribution < 1.29 is 16.8 Å². The van der Waals surface area contributed by atoms with Crippen molar-refractivity contribution in [3.8, 4) is 0 Å². The Morgan fingerprint density at radius 3 is 2.63 bits per heavy atom. The number of rotatable bonds is 8. The molecule has 0 spiro atoms. The Hall–Kier alpha value is -1.87. The van der Waals surface area contributed by atoms with Crippen molar-refractivity contribution >= 4 is 10.0 Å². The fourth-order valence-electron chi connectivity index (χ4n) is 4.36. The summed E-state index contributed by atoms with van der Waals surface area (Å²) in [5.74, 6) is -0.486. The highest BCUT2D eigenvalue weighted by molar-refractivity contribution is 7.85. The van der Waals surface area contributed by atoms with Crippen molar-refractivity contribution in [3.05, 3.63) is 65.7 Å². The highest BCUT2D eigenvalue weighted by Crippen LogP contribution is 2.34. The van der Waals surface area contributed by atoms with Crippen LogP contribution in [0.25, 0.3) is 0 Å². The number of nitrogens with zero attached hydrogens (tertiary/aromatic N) is 3. The van der Waals surface area contributed by atoms with E-state index in [4.69, 9.17) is 0 Å². The lowest BCUT2D eigenvalue weighted by Crippen LogP contribution is -2.70. The minimum Gasteiger partial charge on any atom is -0.313 e. The molecule has 3 rings (SSSR count). The van der Waals surface area contributed by atoms with Gasteiger partial charge in [-0.1, -0.05) is 37.3 Å². The van der Waals surface area contributed by atoms with Crippen LogP contribution in [-0.4, -0.2) is 67.4 Å². The van der Waals surface area contributed by atoms with E-state index in [-0.39, 0.29) is 27.5 Å². The zero-order valence-electron chi connectivity index (χ0n) is 18.0. The minimum atomic E-state index is -3.42. The Labute approximate surface area is 179 Å². The molecule has 0 saturated carbocycles. The third-order valence-electron chi connectivity index (χ3n) is 6.05. The van der Waals surface area contributed by atoms with Gasteiger partial charge in [0.1, 0.15) is 25.2 Å². The maximum absolute atomic E-state index is 14.1. The molecule has 1 aromatic carbocycles. The Balaban J connectivity index is 2.13. The van der Waals surface area contributed by atoms with Crippen LogP contribution in [0.3, 0.4) is 0 Å². The maximum Gasteiger partial charge on any atom is 0.314 e. The third kappa shape index (κ3) is 4.42. The fourth-order valence-corrected chi connectivity index (χ4v) is 6.19. The highest BCUT2D eigenvalue weighted by Gasteiger charge is 2.48. The van der Waals surface area contributed by atoms with E-state index in [9.17, 15) is 12.8 Å². The average molecular weight is 436 g/mol. The van der Waals surface area contributed by atoms with Crippen LogP contribution < -0.4 is 5.32 Å². The van der Waals surface area contributed by atoms with Crippen LogP contribution in [0.15, 0.2) is 48.7 Å².